The smallest absolute Gasteiger partial charge is 0.287 e. The third kappa shape index (κ3) is 3.13. The van der Waals surface area contributed by atoms with Crippen LogP contribution in [0.5, 0.6) is 0 Å². The van der Waals surface area contributed by atoms with Crippen LogP contribution >= 0.6 is 0 Å². The summed E-state index contributed by atoms with van der Waals surface area (Å²) in [5, 5.41) is 3.08. The van der Waals surface area contributed by atoms with Gasteiger partial charge in [-0.25, -0.2) is 0 Å². The van der Waals surface area contributed by atoms with Crippen LogP contribution in [0.25, 0.3) is 0 Å². The van der Waals surface area contributed by atoms with E-state index in [0.29, 0.717) is 11.7 Å². The largest absolute Gasteiger partial charge is 0.456 e. The van der Waals surface area contributed by atoms with Crippen molar-refractivity contribution in [2.75, 3.05) is 13.2 Å². The van der Waals surface area contributed by atoms with E-state index in [-0.39, 0.29) is 11.9 Å². The molecule has 1 saturated heterocycles. The van der Waals surface area contributed by atoms with Gasteiger partial charge in [-0.15, -0.1) is 0 Å². The van der Waals surface area contributed by atoms with Crippen LogP contribution in [0.2, 0.25) is 0 Å². The van der Waals surface area contributed by atoms with Gasteiger partial charge < -0.3 is 14.5 Å². The first-order chi connectivity index (χ1) is 8.70. The Morgan fingerprint density at radius 3 is 2.72 bits per heavy atom. The fourth-order valence-electron chi connectivity index (χ4n) is 2.47. The number of rotatable bonds is 4. The van der Waals surface area contributed by atoms with Gasteiger partial charge in [0.05, 0.1) is 0 Å². The summed E-state index contributed by atoms with van der Waals surface area (Å²) >= 11 is 0. The van der Waals surface area contributed by atoms with Crippen molar-refractivity contribution in [1.29, 1.82) is 0 Å². The highest BCUT2D eigenvalue weighted by molar-refractivity contribution is 5.91. The van der Waals surface area contributed by atoms with Crippen molar-refractivity contribution in [2.24, 2.45) is 5.92 Å². The van der Waals surface area contributed by atoms with E-state index in [0.717, 1.165) is 38.2 Å². The molecule has 1 aromatic heterocycles. The molecule has 4 nitrogen and oxygen atoms in total. The van der Waals surface area contributed by atoms with Gasteiger partial charge in [0, 0.05) is 19.3 Å². The summed E-state index contributed by atoms with van der Waals surface area (Å²) in [6.45, 7) is 5.55. The summed E-state index contributed by atoms with van der Waals surface area (Å²) in [5.74, 6) is 1.57. The molecule has 0 radical (unpaired) electrons. The molecule has 0 spiro atoms. The number of aryl methyl sites for hydroxylation is 1. The topological polar surface area (TPSA) is 51.5 Å². The quantitative estimate of drug-likeness (QED) is 0.894. The summed E-state index contributed by atoms with van der Waals surface area (Å²) in [4.78, 5) is 12.0. The minimum Gasteiger partial charge on any atom is -0.456 e. The lowest BCUT2D eigenvalue weighted by Gasteiger charge is -2.30. The van der Waals surface area contributed by atoms with E-state index in [1.165, 1.54) is 0 Å². The van der Waals surface area contributed by atoms with Gasteiger partial charge in [-0.05, 0) is 44.2 Å². The van der Waals surface area contributed by atoms with E-state index >= 15 is 0 Å². The van der Waals surface area contributed by atoms with Crippen molar-refractivity contribution >= 4 is 5.91 Å². The molecule has 4 heteroatoms. The van der Waals surface area contributed by atoms with Crippen LogP contribution in [-0.2, 0) is 4.74 Å². The summed E-state index contributed by atoms with van der Waals surface area (Å²) < 4.78 is 10.7. The lowest BCUT2D eigenvalue weighted by molar-refractivity contribution is 0.0506. The van der Waals surface area contributed by atoms with Gasteiger partial charge in [-0.3, -0.25) is 4.79 Å². The number of nitrogens with one attached hydrogen (secondary N) is 1. The Bertz CT molecular complexity index is 393. The first-order valence-electron chi connectivity index (χ1n) is 6.65. The maximum Gasteiger partial charge on any atom is 0.287 e. The Kier molecular flexibility index (Phi) is 4.42. The first-order valence-corrected chi connectivity index (χ1v) is 6.65. The number of carbonyl (C=O) groups excluding carboxylic acids is 1. The van der Waals surface area contributed by atoms with Gasteiger partial charge in [-0.1, -0.05) is 6.92 Å². The average Bonchev–Trinajstić information content (AvgIpc) is 2.83. The number of hydrogen-bond donors (Lipinski definition) is 1. The Labute approximate surface area is 108 Å². The lowest BCUT2D eigenvalue weighted by Crippen LogP contribution is -2.41. The third-order valence-corrected chi connectivity index (χ3v) is 3.56. The Morgan fingerprint density at radius 1 is 1.44 bits per heavy atom. The molecule has 0 bridgehead atoms. The molecule has 2 rings (SSSR count). The minimum atomic E-state index is -0.110. The van der Waals surface area contributed by atoms with Gasteiger partial charge in [0.1, 0.15) is 5.76 Å². The van der Waals surface area contributed by atoms with Crippen LogP contribution in [0, 0.1) is 12.8 Å². The number of amides is 1. The Hall–Kier alpha value is -1.29. The van der Waals surface area contributed by atoms with Crippen molar-refractivity contribution in [3.8, 4) is 0 Å². The second-order valence-electron chi connectivity index (χ2n) is 4.85. The third-order valence-electron chi connectivity index (χ3n) is 3.56. The standard InChI is InChI=1S/C14H21NO3/c1-3-12(11-6-8-17-9-7-11)15-14(16)13-5-4-10(2)18-13/h4-5,11-12H,3,6-9H2,1-2H3,(H,15,16). The molecule has 1 atom stereocenters. The molecular weight excluding hydrogens is 230 g/mol. The SMILES string of the molecule is CCC(NC(=O)c1ccc(C)o1)C1CCOCC1. The fourth-order valence-corrected chi connectivity index (χ4v) is 2.47. The van der Waals surface area contributed by atoms with Crippen molar-refractivity contribution in [2.45, 2.75) is 39.2 Å². The molecule has 1 aliphatic rings. The summed E-state index contributed by atoms with van der Waals surface area (Å²) in [6, 6.07) is 3.75. The minimum absolute atomic E-state index is 0.110. The molecule has 1 unspecified atom stereocenters. The Balaban J connectivity index is 1.95. The normalized spacial score (nSPS) is 18.6. The van der Waals surface area contributed by atoms with Crippen LogP contribution in [0.1, 0.15) is 42.5 Å². The lowest BCUT2D eigenvalue weighted by atomic mass is 9.90. The van der Waals surface area contributed by atoms with E-state index in [4.69, 9.17) is 9.15 Å². The predicted molar refractivity (Wildman–Crippen MR) is 68.5 cm³/mol. The summed E-state index contributed by atoms with van der Waals surface area (Å²) in [5.41, 5.74) is 0. The number of furan rings is 1. The molecule has 0 saturated carbocycles. The number of hydrogen-bond acceptors (Lipinski definition) is 3. The van der Waals surface area contributed by atoms with E-state index in [1.54, 1.807) is 6.07 Å². The number of carbonyl (C=O) groups is 1. The van der Waals surface area contributed by atoms with Crippen molar-refractivity contribution in [3.63, 3.8) is 0 Å². The molecule has 100 valence electrons. The predicted octanol–water partition coefficient (Wildman–Crippen LogP) is 2.52. The molecule has 18 heavy (non-hydrogen) atoms. The molecule has 0 aliphatic carbocycles. The summed E-state index contributed by atoms with van der Waals surface area (Å²) in [7, 11) is 0. The Morgan fingerprint density at radius 2 is 2.17 bits per heavy atom. The van der Waals surface area contributed by atoms with E-state index in [2.05, 4.69) is 12.2 Å². The van der Waals surface area contributed by atoms with Gasteiger partial charge in [0.2, 0.25) is 0 Å². The van der Waals surface area contributed by atoms with E-state index in [1.807, 2.05) is 13.0 Å². The van der Waals surface area contributed by atoms with E-state index < -0.39 is 0 Å². The monoisotopic (exact) mass is 251 g/mol. The van der Waals surface area contributed by atoms with Gasteiger partial charge >= 0.3 is 0 Å². The second kappa shape index (κ2) is 6.05. The van der Waals surface area contributed by atoms with Gasteiger partial charge in [0.15, 0.2) is 5.76 Å². The van der Waals surface area contributed by atoms with Crippen LogP contribution in [0.4, 0.5) is 0 Å². The van der Waals surface area contributed by atoms with Crippen LogP contribution < -0.4 is 5.32 Å². The maximum atomic E-state index is 12.0. The maximum absolute atomic E-state index is 12.0. The molecule has 1 aromatic rings. The van der Waals surface area contributed by atoms with Crippen LogP contribution in [0.3, 0.4) is 0 Å². The molecule has 2 heterocycles. The molecule has 1 amide bonds. The summed E-state index contributed by atoms with van der Waals surface area (Å²) in [6.07, 6.45) is 2.99. The average molecular weight is 251 g/mol. The molecule has 0 aromatic carbocycles. The van der Waals surface area contributed by atoms with Crippen LogP contribution in [-0.4, -0.2) is 25.2 Å². The molecule has 1 N–H and O–H groups in total. The molecule has 1 fully saturated rings. The van der Waals surface area contributed by atoms with Crippen molar-refractivity contribution in [3.05, 3.63) is 23.7 Å². The number of ether oxygens (including phenoxy) is 1. The highest BCUT2D eigenvalue weighted by Crippen LogP contribution is 2.21. The zero-order chi connectivity index (χ0) is 13.0. The van der Waals surface area contributed by atoms with E-state index in [9.17, 15) is 4.79 Å². The van der Waals surface area contributed by atoms with Crippen molar-refractivity contribution in [1.82, 2.24) is 5.32 Å². The molecular formula is C14H21NO3. The highest BCUT2D eigenvalue weighted by atomic mass is 16.5. The fraction of sp³-hybridized carbons (Fsp3) is 0.643. The van der Waals surface area contributed by atoms with Gasteiger partial charge in [-0.2, -0.15) is 0 Å². The second-order valence-corrected chi connectivity index (χ2v) is 4.85. The van der Waals surface area contributed by atoms with Gasteiger partial charge in [0.25, 0.3) is 5.91 Å². The first kappa shape index (κ1) is 13.1. The highest BCUT2D eigenvalue weighted by Gasteiger charge is 2.25. The van der Waals surface area contributed by atoms with Crippen molar-refractivity contribution < 1.29 is 13.9 Å². The zero-order valence-electron chi connectivity index (χ0n) is 11.1. The zero-order valence-corrected chi connectivity index (χ0v) is 11.1. The molecule has 1 aliphatic heterocycles. The van der Waals surface area contributed by atoms with Crippen LogP contribution in [0.15, 0.2) is 16.5 Å².